The Morgan fingerprint density at radius 3 is 2.36 bits per heavy atom. The number of thioether (sulfide) groups is 1. The van der Waals surface area contributed by atoms with Crippen LogP contribution in [0, 0.1) is 0 Å². The second kappa shape index (κ2) is 6.61. The van der Waals surface area contributed by atoms with Crippen molar-refractivity contribution in [1.29, 1.82) is 0 Å². The van der Waals surface area contributed by atoms with Crippen LogP contribution in [0.4, 0.5) is 5.69 Å². The lowest BCUT2D eigenvalue weighted by Gasteiger charge is -2.15. The van der Waals surface area contributed by atoms with Crippen LogP contribution in [-0.4, -0.2) is 45.0 Å². The number of rotatable bonds is 6. The van der Waals surface area contributed by atoms with Gasteiger partial charge in [0, 0.05) is 12.2 Å². The molecule has 1 heterocycles. The molecule has 1 aromatic carbocycles. The van der Waals surface area contributed by atoms with E-state index in [-0.39, 0.29) is 30.1 Å². The fourth-order valence-electron chi connectivity index (χ4n) is 2.05. The number of hydrogen-bond donors (Lipinski definition) is 2. The second-order valence-corrected chi connectivity index (χ2v) is 5.94. The minimum absolute atomic E-state index is 0.0177. The first kappa shape index (κ1) is 16.0. The number of carboxylic acid groups (broad SMARTS) is 2. The molecule has 22 heavy (non-hydrogen) atoms. The Kier molecular flexibility index (Phi) is 4.81. The molecule has 0 spiro atoms. The molecule has 0 radical (unpaired) electrons. The smallest absolute Gasteiger partial charge is 0.335 e. The number of carbonyl (C=O) groups is 4. The zero-order chi connectivity index (χ0) is 16.3. The van der Waals surface area contributed by atoms with E-state index in [4.69, 9.17) is 10.2 Å². The molecule has 1 unspecified atom stereocenters. The van der Waals surface area contributed by atoms with E-state index in [9.17, 15) is 19.2 Å². The number of aromatic carboxylic acids is 1. The topological polar surface area (TPSA) is 112 Å². The summed E-state index contributed by atoms with van der Waals surface area (Å²) < 4.78 is 0. The Balaban J connectivity index is 2.08. The Bertz CT molecular complexity index is 627. The van der Waals surface area contributed by atoms with Crippen molar-refractivity contribution in [1.82, 2.24) is 0 Å². The lowest BCUT2D eigenvalue weighted by atomic mass is 10.2. The second-order valence-electron chi connectivity index (χ2n) is 4.63. The van der Waals surface area contributed by atoms with Crippen LogP contribution in [-0.2, 0) is 14.4 Å². The number of carboxylic acids is 2. The quantitative estimate of drug-likeness (QED) is 0.757. The molecule has 1 aliphatic heterocycles. The zero-order valence-corrected chi connectivity index (χ0v) is 12.2. The van der Waals surface area contributed by atoms with E-state index < -0.39 is 23.1 Å². The predicted molar refractivity (Wildman–Crippen MR) is 79.0 cm³/mol. The third kappa shape index (κ3) is 3.45. The third-order valence-corrected chi connectivity index (χ3v) is 4.32. The van der Waals surface area contributed by atoms with Crippen molar-refractivity contribution < 1.29 is 29.4 Å². The standard InChI is InChI=1S/C14H13NO6S/c16-11-7-10(22-6-5-12(17)18)13(19)15(11)9-3-1-8(2-4-9)14(20)21/h1-4,10H,5-7H2,(H,17,18)(H,20,21). The van der Waals surface area contributed by atoms with E-state index in [2.05, 4.69) is 0 Å². The van der Waals surface area contributed by atoms with Gasteiger partial charge in [-0.15, -0.1) is 11.8 Å². The van der Waals surface area contributed by atoms with Crippen LogP contribution in [0.3, 0.4) is 0 Å². The van der Waals surface area contributed by atoms with E-state index in [1.807, 2.05) is 0 Å². The van der Waals surface area contributed by atoms with Gasteiger partial charge in [0.2, 0.25) is 11.8 Å². The largest absolute Gasteiger partial charge is 0.481 e. The van der Waals surface area contributed by atoms with Crippen molar-refractivity contribution in [2.75, 3.05) is 10.7 Å². The highest BCUT2D eigenvalue weighted by Gasteiger charge is 2.39. The number of hydrogen-bond acceptors (Lipinski definition) is 5. The van der Waals surface area contributed by atoms with E-state index in [0.717, 1.165) is 16.7 Å². The summed E-state index contributed by atoms with van der Waals surface area (Å²) in [5.74, 6) is -2.56. The van der Waals surface area contributed by atoms with Gasteiger partial charge in [-0.25, -0.2) is 9.69 Å². The van der Waals surface area contributed by atoms with Gasteiger partial charge < -0.3 is 10.2 Å². The van der Waals surface area contributed by atoms with Crippen LogP contribution in [0.25, 0.3) is 0 Å². The van der Waals surface area contributed by atoms with Crippen molar-refractivity contribution in [2.24, 2.45) is 0 Å². The van der Waals surface area contributed by atoms with Crippen molar-refractivity contribution >= 4 is 41.2 Å². The lowest BCUT2D eigenvalue weighted by molar-refractivity contribution is -0.136. The maximum atomic E-state index is 12.2. The molecule has 2 amide bonds. The third-order valence-electron chi connectivity index (χ3n) is 3.11. The highest BCUT2D eigenvalue weighted by molar-refractivity contribution is 8.00. The summed E-state index contributed by atoms with van der Waals surface area (Å²) in [6, 6.07) is 5.46. The summed E-state index contributed by atoms with van der Waals surface area (Å²) in [6.45, 7) is 0. The molecule has 0 aromatic heterocycles. The molecular weight excluding hydrogens is 310 g/mol. The molecule has 1 aliphatic rings. The average Bonchev–Trinajstić information content (AvgIpc) is 2.73. The van der Waals surface area contributed by atoms with Gasteiger partial charge in [0.05, 0.1) is 22.9 Å². The number of benzene rings is 1. The van der Waals surface area contributed by atoms with Crippen molar-refractivity contribution in [3.63, 3.8) is 0 Å². The van der Waals surface area contributed by atoms with Gasteiger partial charge in [-0.3, -0.25) is 14.4 Å². The van der Waals surface area contributed by atoms with Crippen molar-refractivity contribution in [3.05, 3.63) is 29.8 Å². The normalized spacial score (nSPS) is 17.8. The first-order chi connectivity index (χ1) is 10.4. The highest BCUT2D eigenvalue weighted by atomic mass is 32.2. The molecule has 0 aliphatic carbocycles. The van der Waals surface area contributed by atoms with E-state index in [1.54, 1.807) is 0 Å². The summed E-state index contributed by atoms with van der Waals surface area (Å²) in [5, 5.41) is 16.8. The van der Waals surface area contributed by atoms with Crippen LogP contribution in [0.1, 0.15) is 23.2 Å². The van der Waals surface area contributed by atoms with Gasteiger partial charge in [-0.1, -0.05) is 0 Å². The molecule has 0 saturated carbocycles. The summed E-state index contributed by atoms with van der Waals surface area (Å²) in [5.41, 5.74) is 0.386. The molecule has 1 fully saturated rings. The number of amides is 2. The molecule has 1 aromatic rings. The highest BCUT2D eigenvalue weighted by Crippen LogP contribution is 2.30. The fraction of sp³-hybridized carbons (Fsp3) is 0.286. The average molecular weight is 323 g/mol. The Hall–Kier alpha value is -2.35. The first-order valence-corrected chi connectivity index (χ1v) is 7.48. The number of anilines is 1. The van der Waals surface area contributed by atoms with Crippen molar-refractivity contribution in [3.8, 4) is 0 Å². The Morgan fingerprint density at radius 1 is 1.18 bits per heavy atom. The minimum atomic E-state index is -1.09. The van der Waals surface area contributed by atoms with Crippen LogP contribution in [0.2, 0.25) is 0 Å². The van der Waals surface area contributed by atoms with Gasteiger partial charge in [0.15, 0.2) is 0 Å². The molecule has 1 atom stereocenters. The van der Waals surface area contributed by atoms with E-state index in [0.29, 0.717) is 5.69 Å². The van der Waals surface area contributed by atoms with Gasteiger partial charge in [0.25, 0.3) is 0 Å². The van der Waals surface area contributed by atoms with Gasteiger partial charge in [-0.05, 0) is 24.3 Å². The van der Waals surface area contributed by atoms with Gasteiger partial charge >= 0.3 is 11.9 Å². The number of imide groups is 1. The molecule has 2 N–H and O–H groups in total. The first-order valence-electron chi connectivity index (χ1n) is 6.43. The molecule has 7 nitrogen and oxygen atoms in total. The van der Waals surface area contributed by atoms with Crippen LogP contribution in [0.5, 0.6) is 0 Å². The van der Waals surface area contributed by atoms with E-state index >= 15 is 0 Å². The van der Waals surface area contributed by atoms with Crippen molar-refractivity contribution in [2.45, 2.75) is 18.1 Å². The van der Waals surface area contributed by atoms with Gasteiger partial charge in [0.1, 0.15) is 0 Å². The lowest BCUT2D eigenvalue weighted by Crippen LogP contribution is -2.31. The number of nitrogens with zero attached hydrogens (tertiary/aromatic N) is 1. The zero-order valence-electron chi connectivity index (χ0n) is 11.4. The predicted octanol–water partition coefficient (Wildman–Crippen LogP) is 1.22. The Morgan fingerprint density at radius 2 is 1.82 bits per heavy atom. The number of aliphatic carboxylic acids is 1. The molecule has 1 saturated heterocycles. The molecule has 2 rings (SSSR count). The van der Waals surface area contributed by atoms with Gasteiger partial charge in [-0.2, -0.15) is 0 Å². The summed E-state index contributed by atoms with van der Waals surface area (Å²) in [6.07, 6.45) is -0.0558. The number of carbonyl (C=O) groups excluding carboxylic acids is 2. The molecule has 0 bridgehead atoms. The minimum Gasteiger partial charge on any atom is -0.481 e. The molecule has 116 valence electrons. The summed E-state index contributed by atoms with van der Waals surface area (Å²) >= 11 is 1.14. The van der Waals surface area contributed by atoms with Crippen LogP contribution < -0.4 is 4.90 Å². The van der Waals surface area contributed by atoms with Crippen LogP contribution in [0.15, 0.2) is 24.3 Å². The SMILES string of the molecule is O=C(O)CCSC1CC(=O)N(c2ccc(C(=O)O)cc2)C1=O. The molecular formula is C14H13NO6S. The van der Waals surface area contributed by atoms with E-state index in [1.165, 1.54) is 24.3 Å². The maximum Gasteiger partial charge on any atom is 0.335 e. The monoisotopic (exact) mass is 323 g/mol. The maximum absolute atomic E-state index is 12.2. The Labute approximate surface area is 129 Å². The van der Waals surface area contributed by atoms with Crippen LogP contribution >= 0.6 is 11.8 Å². The fourth-order valence-corrected chi connectivity index (χ4v) is 3.13. The summed E-state index contributed by atoms with van der Waals surface area (Å²) in [7, 11) is 0. The summed E-state index contributed by atoms with van der Waals surface area (Å²) in [4.78, 5) is 46.5. The molecule has 8 heteroatoms.